The average Bonchev–Trinajstić information content (AvgIpc) is 3.03. The maximum Gasteiger partial charge on any atom is 0.272 e. The SMILES string of the molecule is COc1ccc(OC2CCN(C(=O)c3ccc(C(=O)Cc4ccc(Oc5ccc(C#N)cc5)nc4)cn3)CC2)cc1. The van der Waals surface area contributed by atoms with Gasteiger partial charge in [0.25, 0.3) is 5.91 Å². The standard InChI is InChI=1S/C32H28N4O5/c1-39-25-8-10-26(11-9-25)40-28-14-16-36(17-15-28)32(38)29-12-5-24(21-34-29)30(37)18-23-4-13-31(35-20-23)41-27-6-2-22(19-33)3-7-27/h2-13,20-21,28H,14-18H2,1H3. The summed E-state index contributed by atoms with van der Waals surface area (Å²) in [6.07, 6.45) is 4.65. The minimum absolute atomic E-state index is 0.0338. The van der Waals surface area contributed by atoms with Gasteiger partial charge in [0, 0.05) is 56.4 Å². The number of hydrogen-bond donors (Lipinski definition) is 0. The molecule has 2 aromatic heterocycles. The van der Waals surface area contributed by atoms with Crippen LogP contribution in [0.5, 0.6) is 23.1 Å². The van der Waals surface area contributed by atoms with E-state index in [1.807, 2.05) is 24.3 Å². The maximum atomic E-state index is 13.0. The van der Waals surface area contributed by atoms with E-state index in [1.165, 1.54) is 6.20 Å². The largest absolute Gasteiger partial charge is 0.497 e. The van der Waals surface area contributed by atoms with E-state index in [1.54, 1.807) is 66.7 Å². The molecule has 0 unspecified atom stereocenters. The first-order valence-corrected chi connectivity index (χ1v) is 13.2. The van der Waals surface area contributed by atoms with E-state index in [0.717, 1.165) is 29.9 Å². The molecule has 1 aliphatic rings. The van der Waals surface area contributed by atoms with Gasteiger partial charge in [-0.3, -0.25) is 14.6 Å². The number of benzene rings is 2. The second-order valence-electron chi connectivity index (χ2n) is 9.56. The Morgan fingerprint density at radius 2 is 1.59 bits per heavy atom. The first kappa shape index (κ1) is 27.3. The van der Waals surface area contributed by atoms with Crippen molar-refractivity contribution in [3.8, 4) is 29.2 Å². The topological polar surface area (TPSA) is 115 Å². The van der Waals surface area contributed by atoms with E-state index >= 15 is 0 Å². The summed E-state index contributed by atoms with van der Waals surface area (Å²) in [5, 5.41) is 8.89. The third-order valence-corrected chi connectivity index (χ3v) is 6.76. The van der Waals surface area contributed by atoms with Gasteiger partial charge in [-0.2, -0.15) is 5.26 Å². The fraction of sp³-hybridized carbons (Fsp3) is 0.219. The Balaban J connectivity index is 1.10. The molecular weight excluding hydrogens is 520 g/mol. The molecule has 0 bridgehead atoms. The minimum atomic E-state index is -0.158. The Labute approximate surface area is 238 Å². The van der Waals surface area contributed by atoms with Crippen LogP contribution in [0.3, 0.4) is 0 Å². The number of ketones is 1. The highest BCUT2D eigenvalue weighted by molar-refractivity contribution is 5.98. The van der Waals surface area contributed by atoms with Gasteiger partial charge in [-0.05, 0) is 66.2 Å². The number of pyridine rings is 2. The Morgan fingerprint density at radius 3 is 2.20 bits per heavy atom. The predicted molar refractivity (Wildman–Crippen MR) is 150 cm³/mol. The Kier molecular flexibility index (Phi) is 8.50. The number of piperidine rings is 1. The van der Waals surface area contributed by atoms with Crippen molar-refractivity contribution < 1.29 is 23.8 Å². The van der Waals surface area contributed by atoms with E-state index in [-0.39, 0.29) is 24.2 Å². The van der Waals surface area contributed by atoms with Crippen LogP contribution in [0, 0.1) is 11.3 Å². The number of ether oxygens (including phenoxy) is 3. The van der Waals surface area contributed by atoms with Gasteiger partial charge in [0.15, 0.2) is 5.78 Å². The van der Waals surface area contributed by atoms with Crippen molar-refractivity contribution in [1.82, 2.24) is 14.9 Å². The van der Waals surface area contributed by atoms with Gasteiger partial charge in [-0.1, -0.05) is 6.07 Å². The summed E-state index contributed by atoms with van der Waals surface area (Å²) >= 11 is 0. The minimum Gasteiger partial charge on any atom is -0.497 e. The Hall–Kier alpha value is -5.23. The van der Waals surface area contributed by atoms with Crippen molar-refractivity contribution in [3.05, 3.63) is 108 Å². The molecule has 1 saturated heterocycles. The second kappa shape index (κ2) is 12.7. The molecule has 0 atom stereocenters. The molecule has 0 N–H and O–H groups in total. The number of hydrogen-bond acceptors (Lipinski definition) is 8. The lowest BCUT2D eigenvalue weighted by Gasteiger charge is -2.32. The van der Waals surface area contributed by atoms with Crippen molar-refractivity contribution >= 4 is 11.7 Å². The van der Waals surface area contributed by atoms with Crippen LogP contribution in [-0.4, -0.2) is 52.9 Å². The molecule has 5 rings (SSSR count). The zero-order valence-corrected chi connectivity index (χ0v) is 22.5. The highest BCUT2D eigenvalue weighted by Gasteiger charge is 2.25. The monoisotopic (exact) mass is 548 g/mol. The molecule has 1 aliphatic heterocycles. The van der Waals surface area contributed by atoms with E-state index in [4.69, 9.17) is 19.5 Å². The van der Waals surface area contributed by atoms with E-state index < -0.39 is 0 Å². The van der Waals surface area contributed by atoms with E-state index in [0.29, 0.717) is 41.5 Å². The number of rotatable bonds is 9. The number of carbonyl (C=O) groups excluding carboxylic acids is 2. The van der Waals surface area contributed by atoms with Crippen molar-refractivity contribution in [1.29, 1.82) is 5.26 Å². The molecule has 1 amide bonds. The van der Waals surface area contributed by atoms with Gasteiger partial charge in [0.05, 0.1) is 18.7 Å². The zero-order valence-electron chi connectivity index (χ0n) is 22.5. The van der Waals surface area contributed by atoms with E-state index in [2.05, 4.69) is 16.0 Å². The fourth-order valence-electron chi connectivity index (χ4n) is 4.45. The number of carbonyl (C=O) groups is 2. The molecular formula is C32H28N4O5. The Morgan fingerprint density at radius 1 is 0.878 bits per heavy atom. The number of methoxy groups -OCH3 is 1. The lowest BCUT2D eigenvalue weighted by molar-refractivity contribution is 0.0589. The summed E-state index contributed by atoms with van der Waals surface area (Å²) < 4.78 is 16.9. The summed E-state index contributed by atoms with van der Waals surface area (Å²) in [4.78, 5) is 36.1. The highest BCUT2D eigenvalue weighted by Crippen LogP contribution is 2.23. The van der Waals surface area contributed by atoms with Crippen LogP contribution in [0.2, 0.25) is 0 Å². The van der Waals surface area contributed by atoms with Crippen LogP contribution < -0.4 is 14.2 Å². The smallest absolute Gasteiger partial charge is 0.272 e. The average molecular weight is 549 g/mol. The first-order chi connectivity index (χ1) is 20.0. The number of nitrogens with zero attached hydrogens (tertiary/aromatic N) is 4. The molecule has 0 saturated carbocycles. The van der Waals surface area contributed by atoms with Gasteiger partial charge in [-0.25, -0.2) is 4.98 Å². The summed E-state index contributed by atoms with van der Waals surface area (Å²) in [7, 11) is 1.62. The quantitative estimate of drug-likeness (QED) is 0.260. The number of nitriles is 1. The van der Waals surface area contributed by atoms with Crippen molar-refractivity contribution in [3.63, 3.8) is 0 Å². The molecule has 9 heteroatoms. The lowest BCUT2D eigenvalue weighted by atomic mass is 10.0. The first-order valence-electron chi connectivity index (χ1n) is 13.2. The highest BCUT2D eigenvalue weighted by atomic mass is 16.5. The molecule has 2 aromatic carbocycles. The second-order valence-corrected chi connectivity index (χ2v) is 9.56. The number of Topliss-reactive ketones (excluding diaryl/α,β-unsaturated/α-hetero) is 1. The summed E-state index contributed by atoms with van der Waals surface area (Å²) in [5.74, 6) is 2.21. The molecule has 1 fully saturated rings. The third-order valence-electron chi connectivity index (χ3n) is 6.76. The van der Waals surface area contributed by atoms with Gasteiger partial charge in [-0.15, -0.1) is 0 Å². The molecule has 0 radical (unpaired) electrons. The summed E-state index contributed by atoms with van der Waals surface area (Å²) in [5.41, 5.74) is 2.00. The van der Waals surface area contributed by atoms with Crippen LogP contribution in [0.1, 0.15) is 44.8 Å². The number of amides is 1. The normalized spacial score (nSPS) is 13.2. The van der Waals surface area contributed by atoms with Gasteiger partial charge in [0.1, 0.15) is 29.0 Å². The van der Waals surface area contributed by atoms with Crippen LogP contribution in [0.25, 0.3) is 0 Å². The predicted octanol–water partition coefficient (Wildman–Crippen LogP) is 5.26. The van der Waals surface area contributed by atoms with Gasteiger partial charge >= 0.3 is 0 Å². The van der Waals surface area contributed by atoms with Crippen molar-refractivity contribution in [2.45, 2.75) is 25.4 Å². The molecule has 206 valence electrons. The molecule has 3 heterocycles. The molecule has 4 aromatic rings. The Bertz CT molecular complexity index is 1520. The maximum absolute atomic E-state index is 13.0. The van der Waals surface area contributed by atoms with Gasteiger partial charge in [0.2, 0.25) is 5.88 Å². The molecule has 0 aliphatic carbocycles. The molecule has 0 spiro atoms. The van der Waals surface area contributed by atoms with Crippen LogP contribution in [-0.2, 0) is 6.42 Å². The van der Waals surface area contributed by atoms with Crippen LogP contribution in [0.15, 0.2) is 85.2 Å². The van der Waals surface area contributed by atoms with Crippen LogP contribution >= 0.6 is 0 Å². The molecule has 9 nitrogen and oxygen atoms in total. The fourth-order valence-corrected chi connectivity index (χ4v) is 4.45. The number of aromatic nitrogens is 2. The molecule has 41 heavy (non-hydrogen) atoms. The summed E-state index contributed by atoms with van der Waals surface area (Å²) in [6.45, 7) is 1.14. The van der Waals surface area contributed by atoms with Gasteiger partial charge < -0.3 is 19.1 Å². The van der Waals surface area contributed by atoms with Crippen molar-refractivity contribution in [2.24, 2.45) is 0 Å². The van der Waals surface area contributed by atoms with E-state index in [9.17, 15) is 9.59 Å². The number of likely N-dealkylation sites (tertiary alicyclic amines) is 1. The van der Waals surface area contributed by atoms with Crippen LogP contribution in [0.4, 0.5) is 0 Å². The zero-order chi connectivity index (χ0) is 28.6. The lowest BCUT2D eigenvalue weighted by Crippen LogP contribution is -2.42. The third kappa shape index (κ3) is 7.05. The van der Waals surface area contributed by atoms with Crippen molar-refractivity contribution in [2.75, 3.05) is 20.2 Å². The summed E-state index contributed by atoms with van der Waals surface area (Å²) in [6, 6.07) is 22.9.